The largest absolute Gasteiger partial charge is 0.379 e. The van der Waals surface area contributed by atoms with E-state index in [1.54, 1.807) is 0 Å². The van der Waals surface area contributed by atoms with Gasteiger partial charge in [-0.3, -0.25) is 4.90 Å². The molecule has 0 radical (unpaired) electrons. The number of hydrogen-bond acceptors (Lipinski definition) is 3. The summed E-state index contributed by atoms with van der Waals surface area (Å²) in [5.41, 5.74) is 0. The molecule has 0 aromatic carbocycles. The zero-order valence-electron chi connectivity index (χ0n) is 12.2. The standard InChI is InChI=1S/C13H24N2O.C2H6/c1-2-12-8-14-9-13(12)7-11(1)10-15-3-5-16-6-4-15;1-2/h11-14H,1-10H2;1-2H3. The summed E-state index contributed by atoms with van der Waals surface area (Å²) in [6.07, 6.45) is 4.39. The molecular formula is C15H30N2O. The molecule has 0 aromatic rings. The van der Waals surface area contributed by atoms with Crippen molar-refractivity contribution in [1.82, 2.24) is 10.2 Å². The van der Waals surface area contributed by atoms with Gasteiger partial charge in [0.1, 0.15) is 0 Å². The summed E-state index contributed by atoms with van der Waals surface area (Å²) >= 11 is 0. The van der Waals surface area contributed by atoms with Crippen molar-refractivity contribution in [3.05, 3.63) is 0 Å². The van der Waals surface area contributed by atoms with Crippen LogP contribution < -0.4 is 5.32 Å². The fraction of sp³-hybridized carbons (Fsp3) is 1.00. The van der Waals surface area contributed by atoms with E-state index in [1.807, 2.05) is 13.8 Å². The maximum absolute atomic E-state index is 5.41. The van der Waals surface area contributed by atoms with Crippen molar-refractivity contribution >= 4 is 0 Å². The summed E-state index contributed by atoms with van der Waals surface area (Å²) < 4.78 is 5.41. The quantitative estimate of drug-likeness (QED) is 0.815. The third kappa shape index (κ3) is 3.69. The average Bonchev–Trinajstić information content (AvgIpc) is 2.90. The Hall–Kier alpha value is -0.120. The van der Waals surface area contributed by atoms with Crippen molar-refractivity contribution in [1.29, 1.82) is 0 Å². The topological polar surface area (TPSA) is 24.5 Å². The highest BCUT2D eigenvalue weighted by atomic mass is 16.5. The highest BCUT2D eigenvalue weighted by Crippen LogP contribution is 2.36. The van der Waals surface area contributed by atoms with Gasteiger partial charge in [0.25, 0.3) is 0 Å². The Labute approximate surface area is 112 Å². The van der Waals surface area contributed by atoms with E-state index < -0.39 is 0 Å². The Morgan fingerprint density at radius 3 is 2.56 bits per heavy atom. The van der Waals surface area contributed by atoms with E-state index in [1.165, 1.54) is 38.9 Å². The van der Waals surface area contributed by atoms with Crippen molar-refractivity contribution in [2.24, 2.45) is 17.8 Å². The zero-order chi connectivity index (χ0) is 12.8. The first-order chi connectivity index (χ1) is 8.92. The Kier molecular flexibility index (Phi) is 5.93. The van der Waals surface area contributed by atoms with E-state index in [4.69, 9.17) is 4.74 Å². The van der Waals surface area contributed by atoms with E-state index in [9.17, 15) is 0 Å². The molecule has 3 nitrogen and oxygen atoms in total. The van der Waals surface area contributed by atoms with Crippen LogP contribution in [0.3, 0.4) is 0 Å². The van der Waals surface area contributed by atoms with Crippen molar-refractivity contribution in [3.63, 3.8) is 0 Å². The lowest BCUT2D eigenvalue weighted by molar-refractivity contribution is 0.0243. The maximum Gasteiger partial charge on any atom is 0.0594 e. The van der Waals surface area contributed by atoms with Gasteiger partial charge in [0.2, 0.25) is 0 Å². The monoisotopic (exact) mass is 254 g/mol. The van der Waals surface area contributed by atoms with Crippen molar-refractivity contribution in [2.75, 3.05) is 45.9 Å². The van der Waals surface area contributed by atoms with E-state index in [2.05, 4.69) is 10.2 Å². The van der Waals surface area contributed by atoms with E-state index in [0.717, 1.165) is 44.1 Å². The van der Waals surface area contributed by atoms with Gasteiger partial charge in [0.05, 0.1) is 13.2 Å². The van der Waals surface area contributed by atoms with Gasteiger partial charge in [-0.25, -0.2) is 0 Å². The first-order valence-electron chi connectivity index (χ1n) is 7.92. The molecule has 106 valence electrons. The molecular weight excluding hydrogens is 224 g/mol. The number of ether oxygens (including phenoxy) is 1. The molecule has 18 heavy (non-hydrogen) atoms. The first kappa shape index (κ1) is 14.3. The van der Waals surface area contributed by atoms with Gasteiger partial charge in [-0.05, 0) is 50.1 Å². The number of rotatable bonds is 2. The Morgan fingerprint density at radius 2 is 1.78 bits per heavy atom. The van der Waals surface area contributed by atoms with E-state index in [0.29, 0.717) is 0 Å². The second-order valence-electron chi connectivity index (χ2n) is 5.77. The molecule has 0 amide bonds. The minimum Gasteiger partial charge on any atom is -0.379 e. The average molecular weight is 254 g/mol. The van der Waals surface area contributed by atoms with Crippen LogP contribution >= 0.6 is 0 Å². The minimum absolute atomic E-state index is 0.945. The van der Waals surface area contributed by atoms with Gasteiger partial charge in [-0.2, -0.15) is 0 Å². The van der Waals surface area contributed by atoms with Crippen LogP contribution in [0.2, 0.25) is 0 Å². The summed E-state index contributed by atoms with van der Waals surface area (Å²) in [5, 5.41) is 3.55. The molecule has 1 N–H and O–H groups in total. The molecule has 0 bridgehead atoms. The van der Waals surface area contributed by atoms with Crippen molar-refractivity contribution in [3.8, 4) is 0 Å². The molecule has 3 atom stereocenters. The van der Waals surface area contributed by atoms with Crippen LogP contribution in [0.5, 0.6) is 0 Å². The van der Waals surface area contributed by atoms with Crippen molar-refractivity contribution in [2.45, 2.75) is 33.1 Å². The van der Waals surface area contributed by atoms with Gasteiger partial charge in [-0.15, -0.1) is 0 Å². The van der Waals surface area contributed by atoms with Crippen LogP contribution in [0.25, 0.3) is 0 Å². The number of nitrogens with zero attached hydrogens (tertiary/aromatic N) is 1. The third-order valence-corrected chi connectivity index (χ3v) is 4.68. The van der Waals surface area contributed by atoms with Crippen LogP contribution in [0.1, 0.15) is 33.1 Å². The predicted molar refractivity (Wildman–Crippen MR) is 75.8 cm³/mol. The molecule has 2 heterocycles. The summed E-state index contributed by atoms with van der Waals surface area (Å²) in [5.74, 6) is 2.94. The predicted octanol–water partition coefficient (Wildman–Crippen LogP) is 1.98. The number of nitrogens with one attached hydrogen (secondary N) is 1. The number of hydrogen-bond donors (Lipinski definition) is 1. The Bertz CT molecular complexity index is 229. The molecule has 3 heteroatoms. The van der Waals surface area contributed by atoms with Crippen LogP contribution in [0.15, 0.2) is 0 Å². The molecule has 1 saturated carbocycles. The highest BCUT2D eigenvalue weighted by Gasteiger charge is 2.34. The third-order valence-electron chi connectivity index (χ3n) is 4.68. The second-order valence-corrected chi connectivity index (χ2v) is 5.77. The lowest BCUT2D eigenvalue weighted by Gasteiger charge is -2.36. The summed E-state index contributed by atoms with van der Waals surface area (Å²) in [4.78, 5) is 2.61. The number of fused-ring (bicyclic) bond motifs is 1. The molecule has 3 fully saturated rings. The van der Waals surface area contributed by atoms with Crippen molar-refractivity contribution < 1.29 is 4.74 Å². The van der Waals surface area contributed by atoms with Crippen LogP contribution in [-0.2, 0) is 4.74 Å². The molecule has 2 saturated heterocycles. The fourth-order valence-corrected chi connectivity index (χ4v) is 3.71. The summed E-state index contributed by atoms with van der Waals surface area (Å²) in [6.45, 7) is 12.1. The Morgan fingerprint density at radius 1 is 1.06 bits per heavy atom. The van der Waals surface area contributed by atoms with E-state index in [-0.39, 0.29) is 0 Å². The van der Waals surface area contributed by atoms with Gasteiger partial charge >= 0.3 is 0 Å². The van der Waals surface area contributed by atoms with Crippen LogP contribution in [0, 0.1) is 17.8 Å². The lowest BCUT2D eigenvalue weighted by Crippen LogP contribution is -2.41. The zero-order valence-corrected chi connectivity index (χ0v) is 12.2. The highest BCUT2D eigenvalue weighted by molar-refractivity contribution is 4.88. The van der Waals surface area contributed by atoms with E-state index >= 15 is 0 Å². The molecule has 3 aliphatic rings. The molecule has 0 aromatic heterocycles. The number of morpholine rings is 1. The smallest absolute Gasteiger partial charge is 0.0594 e. The maximum atomic E-state index is 5.41. The SMILES string of the molecule is C1CN(CC2CCC3CNCC3C2)CCO1.CC. The normalized spacial score (nSPS) is 36.7. The Balaban J connectivity index is 0.000000574. The lowest BCUT2D eigenvalue weighted by atomic mass is 9.76. The van der Waals surface area contributed by atoms with Gasteiger partial charge in [0.15, 0.2) is 0 Å². The molecule has 3 unspecified atom stereocenters. The minimum atomic E-state index is 0.945. The summed E-state index contributed by atoms with van der Waals surface area (Å²) in [7, 11) is 0. The van der Waals surface area contributed by atoms with Crippen LogP contribution in [-0.4, -0.2) is 50.8 Å². The molecule has 2 aliphatic heterocycles. The summed E-state index contributed by atoms with van der Waals surface area (Å²) in [6, 6.07) is 0. The van der Waals surface area contributed by atoms with Crippen LogP contribution in [0.4, 0.5) is 0 Å². The molecule has 1 aliphatic carbocycles. The fourth-order valence-electron chi connectivity index (χ4n) is 3.71. The first-order valence-corrected chi connectivity index (χ1v) is 7.92. The van der Waals surface area contributed by atoms with Gasteiger partial charge in [-0.1, -0.05) is 13.8 Å². The molecule has 0 spiro atoms. The van der Waals surface area contributed by atoms with Gasteiger partial charge < -0.3 is 10.1 Å². The van der Waals surface area contributed by atoms with Gasteiger partial charge in [0, 0.05) is 19.6 Å². The second kappa shape index (κ2) is 7.46. The molecule has 3 rings (SSSR count).